The molecule has 18 heavy (non-hydrogen) atoms. The summed E-state index contributed by atoms with van der Waals surface area (Å²) in [4.78, 5) is 16.5. The zero-order valence-corrected chi connectivity index (χ0v) is 12.0. The Morgan fingerprint density at radius 3 is 3.28 bits per heavy atom. The Hall–Kier alpha value is -1.25. The maximum Gasteiger partial charge on any atom is 0.275 e. The summed E-state index contributed by atoms with van der Waals surface area (Å²) in [5, 5.41) is 7.65. The number of thioether (sulfide) groups is 1. The minimum atomic E-state index is -0.188. The van der Waals surface area contributed by atoms with Gasteiger partial charge < -0.3 is 5.32 Å². The van der Waals surface area contributed by atoms with Crippen molar-refractivity contribution in [3.63, 3.8) is 0 Å². The predicted molar refractivity (Wildman–Crippen MR) is 80.7 cm³/mol. The van der Waals surface area contributed by atoms with Crippen LogP contribution in [0, 0.1) is 6.92 Å². The molecule has 0 saturated carbocycles. The highest BCUT2D eigenvalue weighted by molar-refractivity contribution is 8.23. The van der Waals surface area contributed by atoms with Crippen molar-refractivity contribution in [3.05, 3.63) is 34.8 Å². The Morgan fingerprint density at radius 1 is 1.78 bits per heavy atom. The summed E-state index contributed by atoms with van der Waals surface area (Å²) in [5.41, 5.74) is 0.491. The van der Waals surface area contributed by atoms with Crippen LogP contribution in [0.15, 0.2) is 23.5 Å². The number of hydrogen-bond acceptors (Lipinski definition) is 6. The number of thiocarbonyl (C=S) groups is 1. The molecule has 8 heteroatoms. The van der Waals surface area contributed by atoms with Crippen LogP contribution in [0.5, 0.6) is 0 Å². The highest BCUT2D eigenvalue weighted by atomic mass is 32.2. The molecular formula is C10H10N4OS3. The molecule has 2 rings (SSSR count). The third-order valence-electron chi connectivity index (χ3n) is 1.91. The van der Waals surface area contributed by atoms with E-state index in [1.54, 1.807) is 13.0 Å². The Labute approximate surface area is 117 Å². The zero-order valence-electron chi connectivity index (χ0n) is 9.54. The average Bonchev–Trinajstić information content (AvgIpc) is 2.69. The summed E-state index contributed by atoms with van der Waals surface area (Å²) in [5.74, 6) is 0.730. The van der Waals surface area contributed by atoms with E-state index in [-0.39, 0.29) is 5.56 Å². The molecule has 1 N–H and O–H groups in total. The van der Waals surface area contributed by atoms with Gasteiger partial charge in [-0.05, 0) is 6.92 Å². The first kappa shape index (κ1) is 13.2. The number of hydrogen-bond donors (Lipinski definition) is 1. The van der Waals surface area contributed by atoms with Gasteiger partial charge in [0.1, 0.15) is 4.32 Å². The third kappa shape index (κ3) is 2.95. The summed E-state index contributed by atoms with van der Waals surface area (Å²) < 4.78 is 1.86. The Kier molecular flexibility index (Phi) is 4.10. The van der Waals surface area contributed by atoms with Crippen molar-refractivity contribution >= 4 is 49.7 Å². The van der Waals surface area contributed by atoms with E-state index in [9.17, 15) is 4.79 Å². The van der Waals surface area contributed by atoms with Crippen LogP contribution in [0.3, 0.4) is 0 Å². The first-order valence-corrected chi connectivity index (χ1v) is 7.23. The maximum absolute atomic E-state index is 11.7. The van der Waals surface area contributed by atoms with E-state index < -0.39 is 0 Å². The quantitative estimate of drug-likeness (QED) is 0.691. The van der Waals surface area contributed by atoms with Crippen LogP contribution in [0.4, 0.5) is 5.13 Å². The number of nitrogens with one attached hydrogen (secondary N) is 1. The van der Waals surface area contributed by atoms with Gasteiger partial charge in [-0.1, -0.05) is 41.4 Å². The SMILES string of the molecule is C=CCSC(=S)Nc1nn2c(=O)cc(C)nc2s1. The van der Waals surface area contributed by atoms with E-state index in [4.69, 9.17) is 12.2 Å². The molecule has 0 aliphatic carbocycles. The molecule has 94 valence electrons. The third-order valence-corrected chi connectivity index (χ3v) is 3.96. The first-order valence-electron chi connectivity index (χ1n) is 5.02. The Morgan fingerprint density at radius 2 is 2.56 bits per heavy atom. The molecule has 0 bridgehead atoms. The molecule has 0 amide bonds. The molecule has 0 aliphatic rings. The van der Waals surface area contributed by atoms with Crippen LogP contribution >= 0.6 is 35.3 Å². The fraction of sp³-hybridized carbons (Fsp3) is 0.200. The van der Waals surface area contributed by atoms with Crippen molar-refractivity contribution in [3.8, 4) is 0 Å². The lowest BCUT2D eigenvalue weighted by molar-refractivity contribution is 0.895. The summed E-state index contributed by atoms with van der Waals surface area (Å²) >= 11 is 7.87. The summed E-state index contributed by atoms with van der Waals surface area (Å²) in [6, 6.07) is 1.45. The van der Waals surface area contributed by atoms with Crippen LogP contribution < -0.4 is 10.9 Å². The number of fused-ring (bicyclic) bond motifs is 1. The fourth-order valence-corrected chi connectivity index (χ4v) is 2.95. The maximum atomic E-state index is 11.7. The lowest BCUT2D eigenvalue weighted by atomic mass is 10.5. The molecule has 0 spiro atoms. The van der Waals surface area contributed by atoms with Crippen LogP contribution in [0.25, 0.3) is 4.96 Å². The minimum absolute atomic E-state index is 0.188. The molecule has 0 saturated heterocycles. The van der Waals surface area contributed by atoms with Gasteiger partial charge in [-0.15, -0.1) is 11.7 Å². The molecule has 0 unspecified atom stereocenters. The van der Waals surface area contributed by atoms with Gasteiger partial charge in [0.15, 0.2) is 0 Å². The Bertz CT molecular complexity index is 661. The smallest absolute Gasteiger partial charge is 0.275 e. The minimum Gasteiger partial charge on any atom is -0.316 e. The summed E-state index contributed by atoms with van der Waals surface area (Å²) in [6.45, 7) is 5.40. The van der Waals surface area contributed by atoms with Gasteiger partial charge in [0.05, 0.1) is 0 Å². The van der Waals surface area contributed by atoms with Crippen LogP contribution in [-0.2, 0) is 0 Å². The molecule has 5 nitrogen and oxygen atoms in total. The van der Waals surface area contributed by atoms with Crippen LogP contribution in [-0.4, -0.2) is 24.7 Å². The van der Waals surface area contributed by atoms with E-state index in [1.807, 2.05) is 0 Å². The number of anilines is 1. The molecule has 0 aromatic carbocycles. The number of aryl methyl sites for hydroxylation is 1. The van der Waals surface area contributed by atoms with Gasteiger partial charge in [-0.3, -0.25) is 4.79 Å². The van der Waals surface area contributed by atoms with Crippen LogP contribution in [0.2, 0.25) is 0 Å². The van der Waals surface area contributed by atoms with Gasteiger partial charge in [0, 0.05) is 17.5 Å². The second-order valence-electron chi connectivity index (χ2n) is 3.35. The lowest BCUT2D eigenvalue weighted by Crippen LogP contribution is -2.14. The van der Waals surface area contributed by atoms with E-state index in [0.29, 0.717) is 20.1 Å². The lowest BCUT2D eigenvalue weighted by Gasteiger charge is -2.00. The van der Waals surface area contributed by atoms with Crippen molar-refractivity contribution in [2.75, 3.05) is 11.1 Å². The molecule has 0 aliphatic heterocycles. The standard InChI is InChI=1S/C10H10N4OS3/c1-3-4-17-10(16)12-8-13-14-7(15)5-6(2)11-9(14)18-8/h3,5H,1,4H2,2H3,(H,12,13,16). The molecule has 0 radical (unpaired) electrons. The van der Waals surface area contributed by atoms with Crippen LogP contribution in [0.1, 0.15) is 5.69 Å². The van der Waals surface area contributed by atoms with Gasteiger partial charge in [-0.25, -0.2) is 4.98 Å². The number of aromatic nitrogens is 3. The molecule has 2 aromatic rings. The summed E-state index contributed by atoms with van der Waals surface area (Å²) in [6.07, 6.45) is 1.77. The molecule has 2 aromatic heterocycles. The monoisotopic (exact) mass is 298 g/mol. The van der Waals surface area contributed by atoms with Crippen molar-refractivity contribution in [1.29, 1.82) is 0 Å². The molecule has 0 atom stereocenters. The van der Waals surface area contributed by atoms with Gasteiger partial charge in [0.25, 0.3) is 5.56 Å². The molecule has 0 fully saturated rings. The predicted octanol–water partition coefficient (Wildman–Crippen LogP) is 2.08. The largest absolute Gasteiger partial charge is 0.316 e. The van der Waals surface area contributed by atoms with E-state index >= 15 is 0 Å². The number of rotatable bonds is 3. The second-order valence-corrected chi connectivity index (χ2v) is 6.00. The van der Waals surface area contributed by atoms with Gasteiger partial charge >= 0.3 is 0 Å². The second kappa shape index (κ2) is 5.59. The van der Waals surface area contributed by atoms with Gasteiger partial charge in [0.2, 0.25) is 10.1 Å². The van der Waals surface area contributed by atoms with Crippen molar-refractivity contribution in [2.24, 2.45) is 0 Å². The van der Waals surface area contributed by atoms with E-state index in [2.05, 4.69) is 22.0 Å². The topological polar surface area (TPSA) is 59.3 Å². The highest BCUT2D eigenvalue weighted by Gasteiger charge is 2.08. The average molecular weight is 298 g/mol. The zero-order chi connectivity index (χ0) is 13.1. The number of nitrogens with zero attached hydrogens (tertiary/aromatic N) is 3. The molecular weight excluding hydrogens is 288 g/mol. The van der Waals surface area contributed by atoms with Crippen molar-refractivity contribution in [1.82, 2.24) is 14.6 Å². The Balaban J connectivity index is 2.25. The van der Waals surface area contributed by atoms with E-state index in [0.717, 1.165) is 5.75 Å². The van der Waals surface area contributed by atoms with Crippen molar-refractivity contribution < 1.29 is 0 Å². The van der Waals surface area contributed by atoms with Crippen molar-refractivity contribution in [2.45, 2.75) is 6.92 Å². The fourth-order valence-electron chi connectivity index (χ4n) is 1.23. The normalized spacial score (nSPS) is 10.5. The summed E-state index contributed by atoms with van der Waals surface area (Å²) in [7, 11) is 0. The highest BCUT2D eigenvalue weighted by Crippen LogP contribution is 2.18. The van der Waals surface area contributed by atoms with E-state index in [1.165, 1.54) is 33.7 Å². The first-order chi connectivity index (χ1) is 8.60. The molecule has 2 heterocycles. The van der Waals surface area contributed by atoms with Gasteiger partial charge in [-0.2, -0.15) is 4.52 Å².